The van der Waals surface area contributed by atoms with Crippen molar-refractivity contribution >= 4 is 41.4 Å². The van der Waals surface area contributed by atoms with Gasteiger partial charge in [-0.3, -0.25) is 14.9 Å². The third-order valence-electron chi connectivity index (χ3n) is 4.79. The van der Waals surface area contributed by atoms with E-state index in [4.69, 9.17) is 9.47 Å². The van der Waals surface area contributed by atoms with Gasteiger partial charge in [0.1, 0.15) is 11.9 Å². The Kier molecular flexibility index (Phi) is 8.10. The van der Waals surface area contributed by atoms with Crippen molar-refractivity contribution in [3.05, 3.63) is 77.9 Å². The molecular weight excluding hydrogens is 430 g/mol. The van der Waals surface area contributed by atoms with Crippen molar-refractivity contribution in [2.75, 3.05) is 12.4 Å². The topological polar surface area (TPSA) is 102 Å². The van der Waals surface area contributed by atoms with Gasteiger partial charge in [-0.15, -0.1) is 0 Å². The summed E-state index contributed by atoms with van der Waals surface area (Å²) in [6, 6.07) is 18.7. The van der Waals surface area contributed by atoms with Gasteiger partial charge in [-0.05, 0) is 36.4 Å². The fourth-order valence-electron chi connectivity index (χ4n) is 3.28. The fourth-order valence-corrected chi connectivity index (χ4v) is 3.37. The Morgan fingerprint density at radius 1 is 0.938 bits per heavy atom. The molecule has 0 unspecified atom stereocenters. The molecular formula is C24H23NO6S. The van der Waals surface area contributed by atoms with Crippen LogP contribution in [0.25, 0.3) is 10.8 Å². The van der Waals surface area contributed by atoms with Crippen LogP contribution in [-0.4, -0.2) is 35.4 Å². The number of aromatic hydroxyl groups is 1. The molecule has 1 atom stereocenters. The second-order valence-electron chi connectivity index (χ2n) is 6.95. The number of imide groups is 1. The number of hydrogen-bond donors (Lipinski definition) is 3. The number of ether oxygens (including phenoxy) is 2. The van der Waals surface area contributed by atoms with E-state index in [0.29, 0.717) is 34.7 Å². The average molecular weight is 454 g/mol. The minimum absolute atomic E-state index is 0.0213. The predicted octanol–water partition coefficient (Wildman–Crippen LogP) is 4.41. The minimum Gasteiger partial charge on any atom is -0.507 e. The molecule has 7 nitrogen and oxygen atoms in total. The van der Waals surface area contributed by atoms with Crippen LogP contribution in [0.3, 0.4) is 0 Å². The number of amides is 2. The highest BCUT2D eigenvalue weighted by Crippen LogP contribution is 2.34. The molecule has 0 spiro atoms. The smallest absolute Gasteiger partial charge is 0.414 e. The lowest BCUT2D eigenvalue weighted by Crippen LogP contribution is -2.32. The summed E-state index contributed by atoms with van der Waals surface area (Å²) in [6.07, 6.45) is -0.881. The van der Waals surface area contributed by atoms with E-state index in [1.807, 2.05) is 12.1 Å². The quantitative estimate of drug-likeness (QED) is 0.265. The van der Waals surface area contributed by atoms with Crippen molar-refractivity contribution in [1.29, 1.82) is 0 Å². The Morgan fingerprint density at radius 2 is 1.62 bits per heavy atom. The summed E-state index contributed by atoms with van der Waals surface area (Å²) in [5.41, 5.74) is 0.996. The van der Waals surface area contributed by atoms with E-state index in [1.165, 1.54) is 6.07 Å². The lowest BCUT2D eigenvalue weighted by molar-refractivity contribution is -0.140. The van der Waals surface area contributed by atoms with Gasteiger partial charge in [0, 0.05) is 16.5 Å². The van der Waals surface area contributed by atoms with Gasteiger partial charge in [0.15, 0.2) is 0 Å². The first kappa shape index (κ1) is 23.1. The number of phenols is 1. The van der Waals surface area contributed by atoms with Crippen molar-refractivity contribution in [2.24, 2.45) is 0 Å². The van der Waals surface area contributed by atoms with E-state index in [2.05, 4.69) is 17.9 Å². The zero-order valence-electron chi connectivity index (χ0n) is 17.2. The first-order valence-corrected chi connectivity index (χ1v) is 10.7. The Bertz CT molecular complexity index is 1100. The normalized spacial score (nSPS) is 11.5. The molecule has 3 aromatic rings. The lowest BCUT2D eigenvalue weighted by atomic mass is 9.97. The van der Waals surface area contributed by atoms with Crippen molar-refractivity contribution in [3.8, 4) is 5.75 Å². The molecule has 2 N–H and O–H groups in total. The van der Waals surface area contributed by atoms with Gasteiger partial charge < -0.3 is 14.6 Å². The molecule has 0 fully saturated rings. The van der Waals surface area contributed by atoms with Gasteiger partial charge in [0.25, 0.3) is 5.91 Å². The molecule has 2 amide bonds. The zero-order chi connectivity index (χ0) is 22.9. The van der Waals surface area contributed by atoms with E-state index < -0.39 is 24.1 Å². The van der Waals surface area contributed by atoms with Gasteiger partial charge >= 0.3 is 12.1 Å². The van der Waals surface area contributed by atoms with Gasteiger partial charge in [0.05, 0.1) is 12.4 Å². The summed E-state index contributed by atoms with van der Waals surface area (Å²) in [6.45, 7) is 0.139. The molecule has 0 aliphatic rings. The highest BCUT2D eigenvalue weighted by atomic mass is 32.1. The highest BCUT2D eigenvalue weighted by Gasteiger charge is 2.22. The van der Waals surface area contributed by atoms with Crippen molar-refractivity contribution in [2.45, 2.75) is 18.9 Å². The van der Waals surface area contributed by atoms with Crippen molar-refractivity contribution in [3.63, 3.8) is 0 Å². The number of thiol groups is 1. The van der Waals surface area contributed by atoms with Crippen LogP contribution in [0.1, 0.15) is 34.9 Å². The maximum atomic E-state index is 12.5. The summed E-state index contributed by atoms with van der Waals surface area (Å²) in [4.78, 5) is 36.1. The number of carbonyl (C=O) groups excluding carboxylic acids is 3. The summed E-state index contributed by atoms with van der Waals surface area (Å²) in [5.74, 6) is -0.929. The van der Waals surface area contributed by atoms with E-state index in [1.54, 1.807) is 48.5 Å². The maximum Gasteiger partial charge on any atom is 0.414 e. The molecule has 0 radical (unpaired) electrons. The molecule has 0 saturated heterocycles. The third kappa shape index (κ3) is 6.01. The molecule has 3 aromatic carbocycles. The number of benzene rings is 3. The molecule has 3 rings (SSSR count). The van der Waals surface area contributed by atoms with E-state index in [9.17, 15) is 19.5 Å². The molecule has 0 heterocycles. The number of rotatable bonds is 8. The summed E-state index contributed by atoms with van der Waals surface area (Å²) >= 11 is 3.86. The predicted molar refractivity (Wildman–Crippen MR) is 123 cm³/mol. The molecule has 32 heavy (non-hydrogen) atoms. The molecule has 0 saturated carbocycles. The second kappa shape index (κ2) is 11.2. The van der Waals surface area contributed by atoms with Crippen LogP contribution in [0.2, 0.25) is 0 Å². The van der Waals surface area contributed by atoms with Crippen LogP contribution in [0.5, 0.6) is 5.75 Å². The van der Waals surface area contributed by atoms with Crippen LogP contribution in [0.4, 0.5) is 4.79 Å². The molecule has 166 valence electrons. The van der Waals surface area contributed by atoms with Gasteiger partial charge in [-0.25, -0.2) is 4.79 Å². The third-order valence-corrected chi connectivity index (χ3v) is 5.04. The number of fused-ring (bicyclic) bond motifs is 1. The number of phenolic OH excluding ortho intramolecular Hbond substituents is 1. The van der Waals surface area contributed by atoms with Gasteiger partial charge in [0.2, 0.25) is 0 Å². The van der Waals surface area contributed by atoms with Crippen molar-refractivity contribution in [1.82, 2.24) is 5.32 Å². The largest absolute Gasteiger partial charge is 0.507 e. The summed E-state index contributed by atoms with van der Waals surface area (Å²) < 4.78 is 10.6. The van der Waals surface area contributed by atoms with Gasteiger partial charge in [-0.2, -0.15) is 12.6 Å². The Balaban J connectivity index is 1.78. The minimum atomic E-state index is -0.895. The molecule has 8 heteroatoms. The summed E-state index contributed by atoms with van der Waals surface area (Å²) in [5, 5.41) is 13.7. The maximum absolute atomic E-state index is 12.5. The first-order chi connectivity index (χ1) is 15.5. The Labute approximate surface area is 190 Å². The number of esters is 1. The molecule has 0 aliphatic heterocycles. The number of carbonyl (C=O) groups is 3. The van der Waals surface area contributed by atoms with Gasteiger partial charge in [-0.1, -0.05) is 48.5 Å². The second-order valence-corrected chi connectivity index (χ2v) is 7.27. The molecule has 0 bridgehead atoms. The lowest BCUT2D eigenvalue weighted by Gasteiger charge is -2.20. The number of hydrogen-bond acceptors (Lipinski definition) is 7. The van der Waals surface area contributed by atoms with Crippen LogP contribution in [-0.2, 0) is 14.3 Å². The Hall–Kier alpha value is -3.52. The Morgan fingerprint density at radius 3 is 2.34 bits per heavy atom. The van der Waals surface area contributed by atoms with Crippen molar-refractivity contribution < 1.29 is 29.0 Å². The monoisotopic (exact) mass is 453 g/mol. The fraction of sp³-hybridized carbons (Fsp3) is 0.208. The summed E-state index contributed by atoms with van der Waals surface area (Å²) in [7, 11) is 0. The van der Waals surface area contributed by atoms with Crippen LogP contribution in [0.15, 0.2) is 66.7 Å². The van der Waals surface area contributed by atoms with E-state index >= 15 is 0 Å². The first-order valence-electron chi connectivity index (χ1n) is 10.0. The zero-order valence-corrected chi connectivity index (χ0v) is 18.1. The number of nitrogens with one attached hydrogen (secondary N) is 1. The van der Waals surface area contributed by atoms with Crippen LogP contribution < -0.4 is 5.32 Å². The standard InChI is InChI=1S/C24H23NO6S/c26-20-13-12-19(17-9-4-5-10-18(17)20)21(11-6-14-30-22(27)15-32)31-24(29)25-23(28)16-7-2-1-3-8-16/h1-5,7-10,12-13,21,26,32H,6,11,14-15H2,(H,25,28,29)/t21-/m0/s1. The number of alkyl carbamates (subject to hydrolysis) is 1. The van der Waals surface area contributed by atoms with E-state index in [-0.39, 0.29) is 18.1 Å². The van der Waals surface area contributed by atoms with Crippen LogP contribution >= 0.6 is 12.6 Å². The highest BCUT2D eigenvalue weighted by molar-refractivity contribution is 7.81. The molecule has 0 aromatic heterocycles. The SMILES string of the molecule is O=C(CS)OCCC[C@H](OC(=O)NC(=O)c1ccccc1)c1ccc(O)c2ccccc12. The molecule has 0 aliphatic carbocycles. The average Bonchev–Trinajstić information content (AvgIpc) is 2.82. The van der Waals surface area contributed by atoms with E-state index in [0.717, 1.165) is 0 Å². The van der Waals surface area contributed by atoms with Crippen LogP contribution in [0, 0.1) is 0 Å².